The largest absolute Gasteiger partial charge is 0.383 e. The molecule has 0 bridgehead atoms. The molecule has 17 heavy (non-hydrogen) atoms. The van der Waals surface area contributed by atoms with Gasteiger partial charge in [0, 0.05) is 19.6 Å². The standard InChI is InChI=1S/C15H21NO/c1-4-9-14(5-2)16-15(12-17-3)13-10-7-6-8-11-13/h1,6-8,10-11,14-16H,5,9,12H2,2-3H3. The Morgan fingerprint density at radius 1 is 1.35 bits per heavy atom. The summed E-state index contributed by atoms with van der Waals surface area (Å²) in [4.78, 5) is 0. The van der Waals surface area contributed by atoms with Crippen molar-refractivity contribution in [1.29, 1.82) is 0 Å². The normalized spacial score (nSPS) is 13.9. The predicted molar refractivity (Wildman–Crippen MR) is 71.7 cm³/mol. The van der Waals surface area contributed by atoms with E-state index in [1.807, 2.05) is 18.2 Å². The Morgan fingerprint density at radius 3 is 2.59 bits per heavy atom. The summed E-state index contributed by atoms with van der Waals surface area (Å²) in [6.07, 6.45) is 7.15. The second-order valence-electron chi connectivity index (χ2n) is 4.10. The van der Waals surface area contributed by atoms with Crippen LogP contribution in [0.1, 0.15) is 31.4 Å². The third-order valence-electron chi connectivity index (χ3n) is 2.83. The van der Waals surface area contributed by atoms with Crippen LogP contribution in [-0.4, -0.2) is 19.8 Å². The zero-order valence-corrected chi connectivity index (χ0v) is 10.6. The van der Waals surface area contributed by atoms with Gasteiger partial charge < -0.3 is 10.1 Å². The van der Waals surface area contributed by atoms with E-state index < -0.39 is 0 Å². The van der Waals surface area contributed by atoms with E-state index >= 15 is 0 Å². The number of terminal acetylenes is 1. The molecule has 0 radical (unpaired) electrons. The minimum absolute atomic E-state index is 0.208. The molecule has 0 saturated carbocycles. The van der Waals surface area contributed by atoms with Crippen molar-refractivity contribution in [3.05, 3.63) is 35.9 Å². The van der Waals surface area contributed by atoms with Crippen LogP contribution in [0.2, 0.25) is 0 Å². The number of hydrogen-bond donors (Lipinski definition) is 1. The summed E-state index contributed by atoms with van der Waals surface area (Å²) in [5, 5.41) is 3.55. The molecule has 0 fully saturated rings. The van der Waals surface area contributed by atoms with Gasteiger partial charge in [-0.05, 0) is 12.0 Å². The van der Waals surface area contributed by atoms with E-state index in [4.69, 9.17) is 11.2 Å². The van der Waals surface area contributed by atoms with Crippen LogP contribution in [0.4, 0.5) is 0 Å². The van der Waals surface area contributed by atoms with Crippen molar-refractivity contribution < 1.29 is 4.74 Å². The van der Waals surface area contributed by atoms with Crippen molar-refractivity contribution in [2.24, 2.45) is 0 Å². The summed E-state index contributed by atoms with van der Waals surface area (Å²) >= 11 is 0. The molecule has 1 N–H and O–H groups in total. The summed E-state index contributed by atoms with van der Waals surface area (Å²) in [6.45, 7) is 2.80. The number of benzene rings is 1. The maximum Gasteiger partial charge on any atom is 0.0657 e. The smallest absolute Gasteiger partial charge is 0.0657 e. The molecule has 0 aliphatic heterocycles. The molecule has 2 atom stereocenters. The second-order valence-corrected chi connectivity index (χ2v) is 4.10. The number of nitrogens with one attached hydrogen (secondary N) is 1. The summed E-state index contributed by atoms with van der Waals surface area (Å²) in [5.74, 6) is 2.71. The molecule has 0 heterocycles. The first kappa shape index (κ1) is 13.8. The molecule has 2 unspecified atom stereocenters. The van der Waals surface area contributed by atoms with Gasteiger partial charge in [-0.3, -0.25) is 0 Å². The molecule has 92 valence electrons. The number of rotatable bonds is 7. The molecule has 0 aromatic heterocycles. The summed E-state index contributed by atoms with van der Waals surface area (Å²) in [6, 6.07) is 10.9. The summed E-state index contributed by atoms with van der Waals surface area (Å²) < 4.78 is 5.27. The molecule has 2 heteroatoms. The highest BCUT2D eigenvalue weighted by molar-refractivity contribution is 5.19. The van der Waals surface area contributed by atoms with Crippen LogP contribution in [0.3, 0.4) is 0 Å². The molecule has 1 rings (SSSR count). The molecule has 0 saturated heterocycles. The zero-order valence-electron chi connectivity index (χ0n) is 10.6. The molecule has 1 aromatic rings. The molecule has 0 amide bonds. The third kappa shape index (κ3) is 4.60. The first-order chi connectivity index (χ1) is 8.31. The lowest BCUT2D eigenvalue weighted by atomic mass is 10.0. The van der Waals surface area contributed by atoms with Gasteiger partial charge in [-0.1, -0.05) is 37.3 Å². The highest BCUT2D eigenvalue weighted by Gasteiger charge is 2.14. The lowest BCUT2D eigenvalue weighted by molar-refractivity contribution is 0.160. The van der Waals surface area contributed by atoms with Gasteiger partial charge >= 0.3 is 0 Å². The fourth-order valence-corrected chi connectivity index (χ4v) is 1.84. The monoisotopic (exact) mass is 231 g/mol. The van der Waals surface area contributed by atoms with Crippen LogP contribution in [-0.2, 0) is 4.74 Å². The van der Waals surface area contributed by atoms with Crippen LogP contribution < -0.4 is 5.32 Å². The zero-order chi connectivity index (χ0) is 12.5. The Morgan fingerprint density at radius 2 is 2.06 bits per heavy atom. The van der Waals surface area contributed by atoms with E-state index in [1.165, 1.54) is 5.56 Å². The van der Waals surface area contributed by atoms with Gasteiger partial charge in [-0.2, -0.15) is 0 Å². The van der Waals surface area contributed by atoms with Gasteiger partial charge in [0.2, 0.25) is 0 Å². The third-order valence-corrected chi connectivity index (χ3v) is 2.83. The Balaban J connectivity index is 2.69. The van der Waals surface area contributed by atoms with Crippen LogP contribution >= 0.6 is 0 Å². The highest BCUT2D eigenvalue weighted by Crippen LogP contribution is 2.15. The predicted octanol–water partition coefficient (Wildman–Crippen LogP) is 2.77. The van der Waals surface area contributed by atoms with Crippen molar-refractivity contribution in [2.45, 2.75) is 31.8 Å². The summed E-state index contributed by atoms with van der Waals surface area (Å²) in [7, 11) is 1.72. The number of hydrogen-bond acceptors (Lipinski definition) is 2. The Kier molecular flexibility index (Phi) is 6.39. The average molecular weight is 231 g/mol. The van der Waals surface area contributed by atoms with Gasteiger partial charge in [0.25, 0.3) is 0 Å². The molecule has 0 aliphatic rings. The van der Waals surface area contributed by atoms with E-state index in [2.05, 4.69) is 30.3 Å². The van der Waals surface area contributed by atoms with Crippen LogP contribution in [0, 0.1) is 12.3 Å². The molecular weight excluding hydrogens is 210 g/mol. The van der Waals surface area contributed by atoms with Crippen molar-refractivity contribution >= 4 is 0 Å². The number of ether oxygens (including phenoxy) is 1. The second kappa shape index (κ2) is 7.89. The molecule has 2 nitrogen and oxygen atoms in total. The lowest BCUT2D eigenvalue weighted by Gasteiger charge is -2.23. The SMILES string of the molecule is C#CCC(CC)NC(COC)c1ccccc1. The van der Waals surface area contributed by atoms with Gasteiger partial charge in [0.15, 0.2) is 0 Å². The van der Waals surface area contributed by atoms with Gasteiger partial charge in [-0.15, -0.1) is 12.3 Å². The topological polar surface area (TPSA) is 21.3 Å². The van der Waals surface area contributed by atoms with Crippen molar-refractivity contribution in [2.75, 3.05) is 13.7 Å². The van der Waals surface area contributed by atoms with Gasteiger partial charge in [0.1, 0.15) is 0 Å². The number of methoxy groups -OCH3 is 1. The van der Waals surface area contributed by atoms with Gasteiger partial charge in [-0.25, -0.2) is 0 Å². The first-order valence-corrected chi connectivity index (χ1v) is 6.05. The van der Waals surface area contributed by atoms with Crippen LogP contribution in [0.5, 0.6) is 0 Å². The van der Waals surface area contributed by atoms with E-state index in [-0.39, 0.29) is 6.04 Å². The molecule has 1 aromatic carbocycles. The quantitative estimate of drug-likeness (QED) is 0.729. The minimum atomic E-state index is 0.208. The fourth-order valence-electron chi connectivity index (χ4n) is 1.84. The highest BCUT2D eigenvalue weighted by atomic mass is 16.5. The van der Waals surface area contributed by atoms with Gasteiger partial charge in [0.05, 0.1) is 12.6 Å². The summed E-state index contributed by atoms with van der Waals surface area (Å²) in [5.41, 5.74) is 1.24. The molecule has 0 aliphatic carbocycles. The Hall–Kier alpha value is -1.30. The van der Waals surface area contributed by atoms with Crippen LogP contribution in [0.25, 0.3) is 0 Å². The minimum Gasteiger partial charge on any atom is -0.383 e. The van der Waals surface area contributed by atoms with E-state index in [9.17, 15) is 0 Å². The van der Waals surface area contributed by atoms with Crippen molar-refractivity contribution in [3.63, 3.8) is 0 Å². The van der Waals surface area contributed by atoms with Crippen LogP contribution in [0.15, 0.2) is 30.3 Å². The maximum atomic E-state index is 5.37. The van der Waals surface area contributed by atoms with E-state index in [0.717, 1.165) is 12.8 Å². The fraction of sp³-hybridized carbons (Fsp3) is 0.467. The molecule has 0 spiro atoms. The lowest BCUT2D eigenvalue weighted by Crippen LogP contribution is -2.34. The van der Waals surface area contributed by atoms with Crippen molar-refractivity contribution in [1.82, 2.24) is 5.32 Å². The first-order valence-electron chi connectivity index (χ1n) is 6.05. The Labute approximate surface area is 104 Å². The maximum absolute atomic E-state index is 5.37. The average Bonchev–Trinajstić information content (AvgIpc) is 2.38. The molecular formula is C15H21NO. The van der Waals surface area contributed by atoms with Crippen molar-refractivity contribution in [3.8, 4) is 12.3 Å². The van der Waals surface area contributed by atoms with E-state index in [0.29, 0.717) is 12.6 Å². The Bertz CT molecular complexity index is 342. The van der Waals surface area contributed by atoms with E-state index in [1.54, 1.807) is 7.11 Å².